The summed E-state index contributed by atoms with van der Waals surface area (Å²) in [5.74, 6) is 0. The predicted octanol–water partition coefficient (Wildman–Crippen LogP) is 4.64. The van der Waals surface area contributed by atoms with Gasteiger partial charge in [0.25, 0.3) is 0 Å². The Bertz CT molecular complexity index is 605. The molecule has 0 spiro atoms. The van der Waals surface area contributed by atoms with Crippen LogP contribution in [0.15, 0.2) is 40.9 Å². The first-order valence-electron chi connectivity index (χ1n) is 5.85. The number of hydrogen-bond acceptors (Lipinski definition) is 2. The molecule has 104 valence electrons. The van der Waals surface area contributed by atoms with Crippen molar-refractivity contribution in [1.82, 2.24) is 0 Å². The van der Waals surface area contributed by atoms with Gasteiger partial charge in [-0.1, -0.05) is 17.7 Å². The number of nitrogen functional groups attached to an aromatic ring is 1. The monoisotopic (exact) mass is 353 g/mol. The first kappa shape index (κ1) is 14.7. The fourth-order valence-corrected chi connectivity index (χ4v) is 2.01. The number of aryl methyl sites for hydroxylation is 1. The summed E-state index contributed by atoms with van der Waals surface area (Å²) in [6.45, 7) is 1.90. The lowest BCUT2D eigenvalue weighted by molar-refractivity contribution is 0.262. The first-order chi connectivity index (χ1) is 9.45. The molecule has 20 heavy (non-hydrogen) atoms. The van der Waals surface area contributed by atoms with Gasteiger partial charge in [-0.3, -0.25) is 0 Å². The van der Waals surface area contributed by atoms with E-state index in [0.29, 0.717) is 22.1 Å². The van der Waals surface area contributed by atoms with Gasteiger partial charge in [-0.05, 0) is 58.7 Å². The SMILES string of the molecule is Cc1ccc(NC(=O)Nc2ccc(Br)c(N)c2)cc1Cl. The lowest BCUT2D eigenvalue weighted by Gasteiger charge is -2.09. The Hall–Kier alpha value is -1.72. The number of carbonyl (C=O) groups is 1. The number of nitrogens with one attached hydrogen (secondary N) is 2. The number of benzene rings is 2. The standard InChI is InChI=1S/C14H13BrClN3O/c1-8-2-3-9(6-12(8)16)18-14(20)19-10-4-5-11(15)13(17)7-10/h2-7H,17H2,1H3,(H2,18,19,20). The normalized spacial score (nSPS) is 10.2. The van der Waals surface area contributed by atoms with E-state index < -0.39 is 0 Å². The summed E-state index contributed by atoms with van der Waals surface area (Å²) in [4.78, 5) is 11.9. The number of anilines is 3. The lowest BCUT2D eigenvalue weighted by Crippen LogP contribution is -2.19. The van der Waals surface area contributed by atoms with Crippen LogP contribution in [0.4, 0.5) is 21.9 Å². The Balaban J connectivity index is 2.04. The number of amides is 2. The molecule has 0 aliphatic heterocycles. The molecule has 0 bridgehead atoms. The van der Waals surface area contributed by atoms with E-state index in [0.717, 1.165) is 10.0 Å². The van der Waals surface area contributed by atoms with E-state index >= 15 is 0 Å². The number of urea groups is 1. The van der Waals surface area contributed by atoms with Crippen LogP contribution in [0.2, 0.25) is 5.02 Å². The van der Waals surface area contributed by atoms with E-state index in [2.05, 4.69) is 26.6 Å². The van der Waals surface area contributed by atoms with Gasteiger partial charge >= 0.3 is 6.03 Å². The molecular weight excluding hydrogens is 342 g/mol. The Morgan fingerprint density at radius 1 is 1.15 bits per heavy atom. The summed E-state index contributed by atoms with van der Waals surface area (Å²) in [7, 11) is 0. The van der Waals surface area contributed by atoms with Crippen LogP contribution in [-0.4, -0.2) is 6.03 Å². The molecule has 0 aliphatic carbocycles. The van der Waals surface area contributed by atoms with Gasteiger partial charge in [0.1, 0.15) is 0 Å². The zero-order valence-corrected chi connectivity index (χ0v) is 13.0. The van der Waals surface area contributed by atoms with Crippen molar-refractivity contribution < 1.29 is 4.79 Å². The molecule has 0 saturated heterocycles. The maximum atomic E-state index is 11.9. The average molecular weight is 355 g/mol. The first-order valence-corrected chi connectivity index (χ1v) is 7.02. The molecular formula is C14H13BrClN3O. The highest BCUT2D eigenvalue weighted by Crippen LogP contribution is 2.23. The van der Waals surface area contributed by atoms with Crippen molar-refractivity contribution in [3.63, 3.8) is 0 Å². The minimum absolute atomic E-state index is 0.355. The van der Waals surface area contributed by atoms with Crippen molar-refractivity contribution in [1.29, 1.82) is 0 Å². The molecule has 0 radical (unpaired) electrons. The topological polar surface area (TPSA) is 67.2 Å². The van der Waals surface area contributed by atoms with E-state index in [1.165, 1.54) is 0 Å². The van der Waals surface area contributed by atoms with Crippen LogP contribution >= 0.6 is 27.5 Å². The van der Waals surface area contributed by atoms with E-state index in [9.17, 15) is 4.79 Å². The van der Waals surface area contributed by atoms with Crippen molar-refractivity contribution in [3.8, 4) is 0 Å². The predicted molar refractivity (Wildman–Crippen MR) is 87.4 cm³/mol. The molecule has 2 aromatic carbocycles. The van der Waals surface area contributed by atoms with Crippen molar-refractivity contribution in [2.24, 2.45) is 0 Å². The lowest BCUT2D eigenvalue weighted by atomic mass is 10.2. The van der Waals surface area contributed by atoms with Gasteiger partial charge in [-0.15, -0.1) is 0 Å². The third-order valence-electron chi connectivity index (χ3n) is 2.68. The van der Waals surface area contributed by atoms with Gasteiger partial charge in [0.05, 0.1) is 0 Å². The van der Waals surface area contributed by atoms with E-state index in [1.807, 2.05) is 13.0 Å². The van der Waals surface area contributed by atoms with Crippen molar-refractivity contribution in [2.75, 3.05) is 16.4 Å². The van der Waals surface area contributed by atoms with Gasteiger partial charge in [0, 0.05) is 26.6 Å². The maximum Gasteiger partial charge on any atom is 0.323 e. The van der Waals surface area contributed by atoms with Gasteiger partial charge < -0.3 is 16.4 Å². The van der Waals surface area contributed by atoms with Crippen molar-refractivity contribution >= 4 is 50.6 Å². The average Bonchev–Trinajstić information content (AvgIpc) is 2.38. The third kappa shape index (κ3) is 3.65. The van der Waals surface area contributed by atoms with Crippen LogP contribution in [0.3, 0.4) is 0 Å². The molecule has 4 N–H and O–H groups in total. The van der Waals surface area contributed by atoms with E-state index in [4.69, 9.17) is 17.3 Å². The number of hydrogen-bond donors (Lipinski definition) is 3. The summed E-state index contributed by atoms with van der Waals surface area (Å²) >= 11 is 9.30. The van der Waals surface area contributed by atoms with Crippen molar-refractivity contribution in [2.45, 2.75) is 6.92 Å². The second kappa shape index (κ2) is 6.15. The molecule has 0 saturated carbocycles. The Morgan fingerprint density at radius 3 is 2.35 bits per heavy atom. The van der Waals surface area contributed by atoms with Gasteiger partial charge in [0.15, 0.2) is 0 Å². The largest absolute Gasteiger partial charge is 0.398 e. The highest BCUT2D eigenvalue weighted by atomic mass is 79.9. The second-order valence-corrected chi connectivity index (χ2v) is 5.54. The Labute approximate surface area is 130 Å². The molecule has 2 amide bonds. The van der Waals surface area contributed by atoms with Crippen LogP contribution in [0.25, 0.3) is 0 Å². The van der Waals surface area contributed by atoms with Crippen LogP contribution in [0, 0.1) is 6.92 Å². The van der Waals surface area contributed by atoms with E-state index in [1.54, 1.807) is 30.3 Å². The highest BCUT2D eigenvalue weighted by Gasteiger charge is 2.05. The van der Waals surface area contributed by atoms with Crippen LogP contribution < -0.4 is 16.4 Å². The molecule has 2 rings (SSSR count). The molecule has 4 nitrogen and oxygen atoms in total. The smallest absolute Gasteiger partial charge is 0.323 e. The Kier molecular flexibility index (Phi) is 4.52. The van der Waals surface area contributed by atoms with Crippen LogP contribution in [-0.2, 0) is 0 Å². The fourth-order valence-electron chi connectivity index (χ4n) is 1.59. The zero-order valence-electron chi connectivity index (χ0n) is 10.7. The number of carbonyl (C=O) groups excluding carboxylic acids is 1. The molecule has 6 heteroatoms. The van der Waals surface area contributed by atoms with Gasteiger partial charge in [-0.2, -0.15) is 0 Å². The number of rotatable bonds is 2. The van der Waals surface area contributed by atoms with Crippen LogP contribution in [0.1, 0.15) is 5.56 Å². The summed E-state index contributed by atoms with van der Waals surface area (Å²) in [5, 5.41) is 6.01. The summed E-state index contributed by atoms with van der Waals surface area (Å²) < 4.78 is 0.786. The minimum atomic E-state index is -0.355. The molecule has 0 atom stereocenters. The van der Waals surface area contributed by atoms with Crippen molar-refractivity contribution in [3.05, 3.63) is 51.5 Å². The summed E-state index contributed by atoms with van der Waals surface area (Å²) in [6, 6.07) is 10.2. The second-order valence-electron chi connectivity index (χ2n) is 4.28. The molecule has 0 aliphatic rings. The molecule has 0 unspecified atom stereocenters. The highest BCUT2D eigenvalue weighted by molar-refractivity contribution is 9.10. The fraction of sp³-hybridized carbons (Fsp3) is 0.0714. The number of halogens is 2. The molecule has 2 aromatic rings. The van der Waals surface area contributed by atoms with Crippen LogP contribution in [0.5, 0.6) is 0 Å². The number of nitrogens with two attached hydrogens (primary N) is 1. The zero-order chi connectivity index (χ0) is 14.7. The molecule has 0 fully saturated rings. The quantitative estimate of drug-likeness (QED) is 0.688. The minimum Gasteiger partial charge on any atom is -0.398 e. The maximum absolute atomic E-state index is 11.9. The molecule has 0 heterocycles. The molecule has 0 aromatic heterocycles. The summed E-state index contributed by atoms with van der Waals surface area (Å²) in [5.41, 5.74) is 8.50. The third-order valence-corrected chi connectivity index (χ3v) is 3.81. The van der Waals surface area contributed by atoms with Gasteiger partial charge in [-0.25, -0.2) is 4.79 Å². The van der Waals surface area contributed by atoms with Gasteiger partial charge in [0.2, 0.25) is 0 Å². The Morgan fingerprint density at radius 2 is 1.75 bits per heavy atom. The van der Waals surface area contributed by atoms with E-state index in [-0.39, 0.29) is 6.03 Å². The summed E-state index contributed by atoms with van der Waals surface area (Å²) in [6.07, 6.45) is 0.